The van der Waals surface area contributed by atoms with E-state index >= 15 is 0 Å². The zero-order chi connectivity index (χ0) is 14.2. The molecule has 0 aromatic heterocycles. The summed E-state index contributed by atoms with van der Waals surface area (Å²) in [7, 11) is 4.14. The zero-order valence-corrected chi connectivity index (χ0v) is 12.5. The first-order valence-electron chi connectivity index (χ1n) is 6.75. The van der Waals surface area contributed by atoms with E-state index < -0.39 is 5.54 Å². The van der Waals surface area contributed by atoms with Crippen LogP contribution in [0.5, 0.6) is 0 Å². The van der Waals surface area contributed by atoms with Crippen molar-refractivity contribution < 1.29 is 0 Å². The molecule has 1 atom stereocenters. The number of nitrogens with one attached hydrogen (secondary N) is 1. The SMILES string of the molecule is CC(c1cc(N(C)C)c2ccccc2c1)C(C)(C)[NH]. The number of hydrogen-bond donors (Lipinski definition) is 0. The molecule has 0 saturated heterocycles. The fraction of sp³-hybridized carbons (Fsp3) is 0.412. The summed E-state index contributed by atoms with van der Waals surface area (Å²) in [6.45, 7) is 6.08. The average Bonchev–Trinajstić information content (AvgIpc) is 2.35. The summed E-state index contributed by atoms with van der Waals surface area (Å²) >= 11 is 0. The minimum Gasteiger partial charge on any atom is -0.377 e. The smallest absolute Gasteiger partial charge is 0.0443 e. The highest BCUT2D eigenvalue weighted by molar-refractivity contribution is 5.95. The Morgan fingerprint density at radius 1 is 1.11 bits per heavy atom. The third kappa shape index (κ3) is 2.74. The van der Waals surface area contributed by atoms with Crippen LogP contribution in [0.25, 0.3) is 10.8 Å². The van der Waals surface area contributed by atoms with Crippen molar-refractivity contribution in [3.8, 4) is 0 Å². The van der Waals surface area contributed by atoms with Crippen molar-refractivity contribution in [3.63, 3.8) is 0 Å². The summed E-state index contributed by atoms with van der Waals surface area (Å²) < 4.78 is 0. The summed E-state index contributed by atoms with van der Waals surface area (Å²) in [5.74, 6) is 0.204. The van der Waals surface area contributed by atoms with E-state index in [1.165, 1.54) is 22.0 Å². The minimum absolute atomic E-state index is 0.204. The predicted octanol–water partition coefficient (Wildman–Crippen LogP) is 4.07. The van der Waals surface area contributed by atoms with Crippen LogP contribution >= 0.6 is 0 Å². The molecule has 0 fully saturated rings. The third-order valence-corrected chi connectivity index (χ3v) is 3.93. The molecule has 0 bridgehead atoms. The van der Waals surface area contributed by atoms with Gasteiger partial charge in [-0.1, -0.05) is 37.3 Å². The second kappa shape index (κ2) is 4.86. The zero-order valence-electron chi connectivity index (χ0n) is 12.5. The normalized spacial score (nSPS) is 13.6. The largest absolute Gasteiger partial charge is 0.377 e. The van der Waals surface area contributed by atoms with Crippen LogP contribution < -0.4 is 10.6 Å². The van der Waals surface area contributed by atoms with Crippen molar-refractivity contribution in [3.05, 3.63) is 42.0 Å². The van der Waals surface area contributed by atoms with E-state index in [9.17, 15) is 0 Å². The maximum absolute atomic E-state index is 8.25. The van der Waals surface area contributed by atoms with Gasteiger partial charge in [0, 0.05) is 36.6 Å². The molecule has 0 aliphatic carbocycles. The molecule has 2 rings (SSSR count). The molecule has 0 amide bonds. The lowest BCUT2D eigenvalue weighted by atomic mass is 9.83. The summed E-state index contributed by atoms with van der Waals surface area (Å²) in [4.78, 5) is 2.15. The lowest BCUT2D eigenvalue weighted by Crippen LogP contribution is -2.29. The molecule has 1 unspecified atom stereocenters. The fourth-order valence-electron chi connectivity index (χ4n) is 2.35. The van der Waals surface area contributed by atoms with Gasteiger partial charge in [-0.2, -0.15) is 0 Å². The molecular formula is C17H23N2. The molecule has 0 spiro atoms. The number of nitrogens with zero attached hydrogens (tertiary/aromatic N) is 1. The second-order valence-corrected chi connectivity index (χ2v) is 6.10. The molecule has 19 heavy (non-hydrogen) atoms. The molecular weight excluding hydrogens is 232 g/mol. The maximum atomic E-state index is 8.25. The van der Waals surface area contributed by atoms with Crippen LogP contribution in [0, 0.1) is 0 Å². The molecule has 2 nitrogen and oxygen atoms in total. The standard InChI is InChI=1S/C17H23N2/c1-12(17(2,3)18)14-10-13-8-6-7-9-15(13)16(11-14)19(4)5/h6-12,18H,1-5H3. The van der Waals surface area contributed by atoms with Crippen molar-refractivity contribution >= 4 is 16.5 Å². The Balaban J connectivity index is 2.65. The Morgan fingerprint density at radius 3 is 2.32 bits per heavy atom. The average molecular weight is 255 g/mol. The van der Waals surface area contributed by atoms with Crippen molar-refractivity contribution in [2.24, 2.45) is 0 Å². The van der Waals surface area contributed by atoms with Crippen LogP contribution in [-0.4, -0.2) is 19.6 Å². The summed E-state index contributed by atoms with van der Waals surface area (Å²) in [5, 5.41) is 2.52. The van der Waals surface area contributed by atoms with Crippen molar-refractivity contribution in [2.45, 2.75) is 32.2 Å². The van der Waals surface area contributed by atoms with E-state index in [0.717, 1.165) is 0 Å². The van der Waals surface area contributed by atoms with Gasteiger partial charge in [0.25, 0.3) is 0 Å². The first kappa shape index (κ1) is 13.9. The lowest BCUT2D eigenvalue weighted by Gasteiger charge is -2.28. The lowest BCUT2D eigenvalue weighted by molar-refractivity contribution is 0.420. The first-order valence-corrected chi connectivity index (χ1v) is 6.75. The van der Waals surface area contributed by atoms with Crippen molar-refractivity contribution in [2.75, 3.05) is 19.0 Å². The molecule has 2 aromatic carbocycles. The molecule has 2 heteroatoms. The number of benzene rings is 2. The number of rotatable bonds is 3. The summed E-state index contributed by atoms with van der Waals surface area (Å²) in [6.07, 6.45) is 0. The Labute approximate surface area is 116 Å². The Hall–Kier alpha value is -1.54. The van der Waals surface area contributed by atoms with Crippen molar-refractivity contribution in [1.82, 2.24) is 5.73 Å². The highest BCUT2D eigenvalue weighted by Gasteiger charge is 2.24. The van der Waals surface area contributed by atoms with Crippen LogP contribution in [0.4, 0.5) is 5.69 Å². The van der Waals surface area contributed by atoms with Gasteiger partial charge < -0.3 is 4.90 Å². The van der Waals surface area contributed by atoms with Gasteiger partial charge in [-0.15, -0.1) is 0 Å². The van der Waals surface area contributed by atoms with Crippen LogP contribution in [0.1, 0.15) is 32.3 Å². The highest BCUT2D eigenvalue weighted by Crippen LogP contribution is 2.34. The summed E-state index contributed by atoms with van der Waals surface area (Å²) in [5.41, 5.74) is 10.2. The molecule has 0 heterocycles. The number of fused-ring (bicyclic) bond motifs is 1. The number of hydrogen-bond acceptors (Lipinski definition) is 1. The minimum atomic E-state index is -0.466. The van der Waals surface area contributed by atoms with Gasteiger partial charge in [-0.25, -0.2) is 0 Å². The van der Waals surface area contributed by atoms with Gasteiger partial charge in [0.15, 0.2) is 0 Å². The van der Waals surface area contributed by atoms with E-state index in [2.05, 4.69) is 62.3 Å². The molecule has 0 saturated carbocycles. The van der Waals surface area contributed by atoms with Gasteiger partial charge in [0.1, 0.15) is 0 Å². The van der Waals surface area contributed by atoms with E-state index in [-0.39, 0.29) is 5.92 Å². The van der Waals surface area contributed by atoms with E-state index in [0.29, 0.717) is 0 Å². The van der Waals surface area contributed by atoms with E-state index in [4.69, 9.17) is 5.73 Å². The van der Waals surface area contributed by atoms with Gasteiger partial charge in [-0.05, 0) is 30.9 Å². The molecule has 0 aliphatic rings. The quantitative estimate of drug-likeness (QED) is 0.812. The number of anilines is 1. The predicted molar refractivity (Wildman–Crippen MR) is 83.9 cm³/mol. The van der Waals surface area contributed by atoms with Gasteiger partial charge >= 0.3 is 0 Å². The van der Waals surface area contributed by atoms with E-state index in [1.807, 2.05) is 13.8 Å². The van der Waals surface area contributed by atoms with Crippen LogP contribution in [0.15, 0.2) is 36.4 Å². The maximum Gasteiger partial charge on any atom is 0.0443 e. The molecule has 1 radical (unpaired) electrons. The molecule has 2 aromatic rings. The van der Waals surface area contributed by atoms with Crippen LogP contribution in [-0.2, 0) is 0 Å². The molecule has 101 valence electrons. The topological polar surface area (TPSA) is 27.0 Å². The van der Waals surface area contributed by atoms with Gasteiger partial charge in [0.05, 0.1) is 0 Å². The Kier molecular flexibility index (Phi) is 3.55. The summed E-state index contributed by atoms with van der Waals surface area (Å²) in [6, 6.07) is 12.9. The first-order chi connectivity index (χ1) is 8.80. The fourth-order valence-corrected chi connectivity index (χ4v) is 2.35. The molecule has 1 N–H and O–H groups in total. The van der Waals surface area contributed by atoms with Gasteiger partial charge in [0.2, 0.25) is 0 Å². The monoisotopic (exact) mass is 255 g/mol. The second-order valence-electron chi connectivity index (χ2n) is 6.10. The highest BCUT2D eigenvalue weighted by atomic mass is 15.1. The van der Waals surface area contributed by atoms with Gasteiger partial charge in [-0.3, -0.25) is 5.73 Å². The van der Waals surface area contributed by atoms with Crippen molar-refractivity contribution in [1.29, 1.82) is 0 Å². The molecule has 0 aliphatic heterocycles. The third-order valence-electron chi connectivity index (χ3n) is 3.93. The van der Waals surface area contributed by atoms with Crippen LogP contribution in [0.3, 0.4) is 0 Å². The Bertz CT molecular complexity index is 579. The van der Waals surface area contributed by atoms with E-state index in [1.54, 1.807) is 0 Å². The Morgan fingerprint density at radius 2 is 1.74 bits per heavy atom. The van der Waals surface area contributed by atoms with Crippen LogP contribution in [0.2, 0.25) is 0 Å².